The fraction of sp³-hybridized carbons (Fsp3) is 0.375. The first-order valence-corrected chi connectivity index (χ1v) is 7.19. The van der Waals surface area contributed by atoms with Gasteiger partial charge in [-0.25, -0.2) is 0 Å². The summed E-state index contributed by atoms with van der Waals surface area (Å²) in [5.41, 5.74) is 0. The number of hydrogen-bond acceptors (Lipinski definition) is 5. The van der Waals surface area contributed by atoms with Crippen LogP contribution >= 0.6 is 0 Å². The molecule has 1 aromatic heterocycles. The van der Waals surface area contributed by atoms with Crippen LogP contribution in [0.4, 0.5) is 5.82 Å². The summed E-state index contributed by atoms with van der Waals surface area (Å²) in [7, 11) is 1.59. The van der Waals surface area contributed by atoms with E-state index >= 15 is 0 Å². The molecule has 3 rings (SSSR count). The van der Waals surface area contributed by atoms with Gasteiger partial charge < -0.3 is 14.4 Å². The van der Waals surface area contributed by atoms with E-state index in [9.17, 15) is 0 Å². The third-order valence-electron chi connectivity index (χ3n) is 3.69. The maximum Gasteiger partial charge on any atom is 0.233 e. The minimum Gasteiger partial charge on any atom is -0.491 e. The van der Waals surface area contributed by atoms with E-state index in [0.717, 1.165) is 31.0 Å². The van der Waals surface area contributed by atoms with Crippen molar-refractivity contribution in [1.29, 1.82) is 0 Å². The highest BCUT2D eigenvalue weighted by atomic mass is 16.5. The zero-order valence-corrected chi connectivity index (χ0v) is 12.1. The van der Waals surface area contributed by atoms with Crippen molar-refractivity contribution >= 4 is 5.82 Å². The lowest BCUT2D eigenvalue weighted by Crippen LogP contribution is -2.34. The molecule has 2 heterocycles. The van der Waals surface area contributed by atoms with Crippen molar-refractivity contribution in [3.05, 3.63) is 42.5 Å². The van der Waals surface area contributed by atoms with Crippen molar-refractivity contribution in [2.24, 2.45) is 0 Å². The summed E-state index contributed by atoms with van der Waals surface area (Å²) in [6, 6.07) is 14.0. The van der Waals surface area contributed by atoms with Gasteiger partial charge in [-0.1, -0.05) is 18.2 Å². The molecule has 0 amide bonds. The van der Waals surface area contributed by atoms with Crippen LogP contribution in [0.3, 0.4) is 0 Å². The predicted molar refractivity (Wildman–Crippen MR) is 80.9 cm³/mol. The molecule has 1 aromatic carbocycles. The Hall–Kier alpha value is -2.30. The number of ether oxygens (including phenoxy) is 2. The van der Waals surface area contributed by atoms with E-state index < -0.39 is 0 Å². The predicted octanol–water partition coefficient (Wildman–Crippen LogP) is 2.53. The van der Waals surface area contributed by atoms with E-state index in [1.54, 1.807) is 7.11 Å². The summed E-state index contributed by atoms with van der Waals surface area (Å²) in [5.74, 6) is 2.33. The zero-order chi connectivity index (χ0) is 14.5. The monoisotopic (exact) mass is 285 g/mol. The third-order valence-corrected chi connectivity index (χ3v) is 3.69. The smallest absolute Gasteiger partial charge is 0.233 e. The number of aromatic nitrogens is 2. The first kappa shape index (κ1) is 13.7. The van der Waals surface area contributed by atoms with Crippen molar-refractivity contribution in [2.75, 3.05) is 25.2 Å². The number of para-hydroxylation sites is 1. The molecule has 5 heteroatoms. The molecule has 0 aliphatic carbocycles. The molecular formula is C16H19N3O2. The van der Waals surface area contributed by atoms with Crippen molar-refractivity contribution < 1.29 is 9.47 Å². The fourth-order valence-corrected chi connectivity index (χ4v) is 2.59. The Morgan fingerprint density at radius 3 is 2.71 bits per heavy atom. The maximum atomic E-state index is 5.87. The van der Waals surface area contributed by atoms with Crippen molar-refractivity contribution in [1.82, 2.24) is 10.2 Å². The van der Waals surface area contributed by atoms with Gasteiger partial charge in [0, 0.05) is 12.6 Å². The Bertz CT molecular complexity index is 559. The quantitative estimate of drug-likeness (QED) is 0.845. The second-order valence-electron chi connectivity index (χ2n) is 5.05. The van der Waals surface area contributed by atoms with Gasteiger partial charge in [0.2, 0.25) is 5.88 Å². The van der Waals surface area contributed by atoms with Crippen LogP contribution in [-0.2, 0) is 0 Å². The number of benzene rings is 1. The highest BCUT2D eigenvalue weighted by Crippen LogP contribution is 2.24. The standard InChI is InChI=1S/C16H19N3O2/c1-20-16-10-9-15(17-18-16)19-11-5-6-13(19)12-21-14-7-3-2-4-8-14/h2-4,7-10,13H,5-6,11-12H2,1H3/t13-/m1/s1. The average molecular weight is 285 g/mol. The second-order valence-corrected chi connectivity index (χ2v) is 5.05. The first-order valence-electron chi connectivity index (χ1n) is 7.19. The van der Waals surface area contributed by atoms with E-state index in [2.05, 4.69) is 15.1 Å². The molecule has 1 aliphatic rings. The van der Waals surface area contributed by atoms with Gasteiger partial charge in [-0.15, -0.1) is 10.2 Å². The van der Waals surface area contributed by atoms with Gasteiger partial charge in [-0.05, 0) is 31.0 Å². The molecule has 1 aliphatic heterocycles. The number of hydrogen-bond donors (Lipinski definition) is 0. The van der Waals surface area contributed by atoms with Crippen LogP contribution in [-0.4, -0.2) is 36.5 Å². The largest absolute Gasteiger partial charge is 0.491 e. The normalized spacial score (nSPS) is 17.8. The van der Waals surface area contributed by atoms with E-state index in [4.69, 9.17) is 9.47 Å². The molecule has 2 aromatic rings. The molecular weight excluding hydrogens is 266 g/mol. The Kier molecular flexibility index (Phi) is 4.19. The van der Waals surface area contributed by atoms with Crippen LogP contribution in [0.1, 0.15) is 12.8 Å². The highest BCUT2D eigenvalue weighted by molar-refractivity contribution is 5.41. The average Bonchev–Trinajstić information content (AvgIpc) is 3.02. The number of nitrogens with zero attached hydrogens (tertiary/aromatic N) is 3. The lowest BCUT2D eigenvalue weighted by molar-refractivity contribution is 0.288. The summed E-state index contributed by atoms with van der Waals surface area (Å²) in [4.78, 5) is 2.26. The minimum atomic E-state index is 0.341. The van der Waals surface area contributed by atoms with E-state index in [1.165, 1.54) is 0 Å². The maximum absolute atomic E-state index is 5.87. The lowest BCUT2D eigenvalue weighted by atomic mass is 10.2. The SMILES string of the molecule is COc1ccc(N2CCC[C@@H]2COc2ccccc2)nn1. The molecule has 5 nitrogen and oxygen atoms in total. The lowest BCUT2D eigenvalue weighted by Gasteiger charge is -2.25. The van der Waals surface area contributed by atoms with Crippen LogP contribution in [0, 0.1) is 0 Å². The second kappa shape index (κ2) is 6.43. The van der Waals surface area contributed by atoms with Gasteiger partial charge >= 0.3 is 0 Å². The summed E-state index contributed by atoms with van der Waals surface area (Å²) in [6.45, 7) is 1.65. The number of rotatable bonds is 5. The number of methoxy groups -OCH3 is 1. The van der Waals surface area contributed by atoms with Gasteiger partial charge in [0.05, 0.1) is 13.2 Å². The zero-order valence-electron chi connectivity index (χ0n) is 12.1. The Morgan fingerprint density at radius 1 is 1.14 bits per heavy atom. The van der Waals surface area contributed by atoms with Crippen LogP contribution in [0.25, 0.3) is 0 Å². The van der Waals surface area contributed by atoms with Gasteiger partial charge in [-0.3, -0.25) is 0 Å². The van der Waals surface area contributed by atoms with Crippen LogP contribution in [0.5, 0.6) is 11.6 Å². The van der Waals surface area contributed by atoms with Crippen LogP contribution in [0.15, 0.2) is 42.5 Å². The molecule has 0 N–H and O–H groups in total. The first-order chi connectivity index (χ1) is 10.4. The van der Waals surface area contributed by atoms with E-state index in [-0.39, 0.29) is 0 Å². The molecule has 1 atom stereocenters. The summed E-state index contributed by atoms with van der Waals surface area (Å²) >= 11 is 0. The summed E-state index contributed by atoms with van der Waals surface area (Å²) in [5, 5.41) is 8.27. The molecule has 0 spiro atoms. The molecule has 0 saturated carbocycles. The summed E-state index contributed by atoms with van der Waals surface area (Å²) < 4.78 is 10.9. The van der Waals surface area contributed by atoms with Crippen molar-refractivity contribution in [3.8, 4) is 11.6 Å². The molecule has 0 radical (unpaired) electrons. The molecule has 21 heavy (non-hydrogen) atoms. The Balaban J connectivity index is 1.64. The molecule has 1 saturated heterocycles. The molecule has 110 valence electrons. The molecule has 0 unspecified atom stereocenters. The van der Waals surface area contributed by atoms with E-state index in [0.29, 0.717) is 18.5 Å². The van der Waals surface area contributed by atoms with Gasteiger partial charge in [-0.2, -0.15) is 0 Å². The van der Waals surface area contributed by atoms with Crippen LogP contribution in [0.2, 0.25) is 0 Å². The highest BCUT2D eigenvalue weighted by Gasteiger charge is 2.26. The molecule has 0 bridgehead atoms. The van der Waals surface area contributed by atoms with Gasteiger partial charge in [0.1, 0.15) is 12.4 Å². The van der Waals surface area contributed by atoms with Crippen molar-refractivity contribution in [3.63, 3.8) is 0 Å². The third kappa shape index (κ3) is 3.24. The topological polar surface area (TPSA) is 47.5 Å². The molecule has 1 fully saturated rings. The Morgan fingerprint density at radius 2 is 2.00 bits per heavy atom. The van der Waals surface area contributed by atoms with Crippen LogP contribution < -0.4 is 14.4 Å². The summed E-state index contributed by atoms with van der Waals surface area (Å²) in [6.07, 6.45) is 2.26. The van der Waals surface area contributed by atoms with Crippen molar-refractivity contribution in [2.45, 2.75) is 18.9 Å². The fourth-order valence-electron chi connectivity index (χ4n) is 2.59. The minimum absolute atomic E-state index is 0.341. The number of anilines is 1. The van der Waals surface area contributed by atoms with E-state index in [1.807, 2.05) is 42.5 Å². The van der Waals surface area contributed by atoms with Gasteiger partial charge in [0.15, 0.2) is 5.82 Å². The Labute approximate surface area is 124 Å². The van der Waals surface area contributed by atoms with Gasteiger partial charge in [0.25, 0.3) is 0 Å².